The first-order chi connectivity index (χ1) is 12.8. The molecule has 0 spiro atoms. The van der Waals surface area contributed by atoms with Gasteiger partial charge in [0.05, 0.1) is 32.5 Å². The topological polar surface area (TPSA) is 50.9 Å². The highest BCUT2D eigenvalue weighted by Gasteiger charge is 2.28. The number of hydrogen-bond acceptors (Lipinski definition) is 3. The third-order valence-corrected chi connectivity index (χ3v) is 5.01. The lowest BCUT2D eigenvalue weighted by Gasteiger charge is -2.30. The van der Waals surface area contributed by atoms with Gasteiger partial charge in [0, 0.05) is 5.69 Å². The molecular formula is C20H28N3O2S+. The summed E-state index contributed by atoms with van der Waals surface area (Å²) in [6.45, 7) is 5.77. The molecule has 1 aliphatic rings. The molecule has 0 radical (unpaired) electrons. The molecule has 1 fully saturated rings. The lowest BCUT2D eigenvalue weighted by atomic mass is 10.1. The Morgan fingerprint density at radius 1 is 1.19 bits per heavy atom. The van der Waals surface area contributed by atoms with Crippen LogP contribution in [0.5, 0.6) is 5.75 Å². The van der Waals surface area contributed by atoms with Gasteiger partial charge in [-0.05, 0) is 74.8 Å². The van der Waals surface area contributed by atoms with Crippen molar-refractivity contribution in [3.63, 3.8) is 0 Å². The Morgan fingerprint density at radius 3 is 2.62 bits per heavy atom. The van der Waals surface area contributed by atoms with Gasteiger partial charge >= 0.3 is 0 Å². The van der Waals surface area contributed by atoms with Gasteiger partial charge < -0.3 is 24.7 Å². The number of rotatable bonds is 7. The number of hydrogen-bond donors (Lipinski definition) is 3. The maximum absolute atomic E-state index is 5.70. The van der Waals surface area contributed by atoms with E-state index < -0.39 is 0 Å². The minimum absolute atomic E-state index is 0.283. The first-order valence-corrected chi connectivity index (χ1v) is 9.83. The van der Waals surface area contributed by atoms with Crippen LogP contribution in [0.25, 0.3) is 0 Å². The standard InChI is InChI=1S/C20H27N3O2S/c1-2-24-17-10-8-16(9-11-17)22-20(26)21-15-18(19-7-6-14-25-19)23-12-4-3-5-13-23/h6-11,14,18H,2-5,12-13,15H2,1H3,(H2,21,22,26)/p+1/t18-/m1/s1. The van der Waals surface area contributed by atoms with E-state index in [0.29, 0.717) is 11.7 Å². The summed E-state index contributed by atoms with van der Waals surface area (Å²) < 4.78 is 11.2. The van der Waals surface area contributed by atoms with Gasteiger partial charge in [-0.15, -0.1) is 0 Å². The molecule has 3 N–H and O–H groups in total. The summed E-state index contributed by atoms with van der Waals surface area (Å²) in [5.41, 5.74) is 0.950. The Hall–Kier alpha value is -2.05. The molecule has 3 rings (SSSR count). The first-order valence-electron chi connectivity index (χ1n) is 9.42. The fourth-order valence-electron chi connectivity index (χ4n) is 3.46. The molecule has 6 heteroatoms. The van der Waals surface area contributed by atoms with E-state index in [1.165, 1.54) is 32.4 Å². The maximum atomic E-state index is 5.70. The number of furan rings is 1. The third kappa shape index (κ3) is 5.22. The molecule has 5 nitrogen and oxygen atoms in total. The molecule has 1 saturated heterocycles. The molecule has 1 aliphatic heterocycles. The normalized spacial score (nSPS) is 16.0. The quantitative estimate of drug-likeness (QED) is 0.651. The van der Waals surface area contributed by atoms with E-state index in [-0.39, 0.29) is 6.04 Å². The van der Waals surface area contributed by atoms with Crippen molar-refractivity contribution in [3.8, 4) is 5.75 Å². The van der Waals surface area contributed by atoms with Gasteiger partial charge in [-0.2, -0.15) is 0 Å². The Labute approximate surface area is 160 Å². The number of likely N-dealkylation sites (tertiary alicyclic amines) is 1. The zero-order chi connectivity index (χ0) is 18.2. The largest absolute Gasteiger partial charge is 0.494 e. The summed E-state index contributed by atoms with van der Waals surface area (Å²) in [4.78, 5) is 1.57. The molecule has 0 amide bonds. The fraction of sp³-hybridized carbons (Fsp3) is 0.450. The molecule has 1 atom stereocenters. The minimum atomic E-state index is 0.283. The molecular weight excluding hydrogens is 346 g/mol. The molecule has 1 aromatic heterocycles. The Morgan fingerprint density at radius 2 is 1.96 bits per heavy atom. The molecule has 140 valence electrons. The Kier molecular flexibility index (Phi) is 6.91. The Balaban J connectivity index is 1.55. The van der Waals surface area contributed by atoms with E-state index in [2.05, 4.69) is 16.7 Å². The van der Waals surface area contributed by atoms with Crippen molar-refractivity contribution in [2.24, 2.45) is 0 Å². The third-order valence-electron chi connectivity index (χ3n) is 4.77. The monoisotopic (exact) mass is 374 g/mol. The van der Waals surface area contributed by atoms with Crippen LogP contribution < -0.4 is 20.3 Å². The highest BCUT2D eigenvalue weighted by molar-refractivity contribution is 7.80. The fourth-order valence-corrected chi connectivity index (χ4v) is 3.66. The average Bonchev–Trinajstić information content (AvgIpc) is 3.19. The van der Waals surface area contributed by atoms with Crippen LogP contribution in [0.2, 0.25) is 0 Å². The summed E-state index contributed by atoms with van der Waals surface area (Å²) in [6, 6.07) is 12.1. The molecule has 0 bridgehead atoms. The predicted molar refractivity (Wildman–Crippen MR) is 108 cm³/mol. The van der Waals surface area contributed by atoms with Crippen LogP contribution in [0.15, 0.2) is 47.1 Å². The van der Waals surface area contributed by atoms with Gasteiger partial charge in [0.25, 0.3) is 0 Å². The number of piperidine rings is 1. The van der Waals surface area contributed by atoms with Gasteiger partial charge in [0.15, 0.2) is 16.9 Å². The lowest BCUT2D eigenvalue weighted by molar-refractivity contribution is -0.936. The highest BCUT2D eigenvalue weighted by Crippen LogP contribution is 2.16. The van der Waals surface area contributed by atoms with E-state index in [1.807, 2.05) is 37.3 Å². The van der Waals surface area contributed by atoms with Crippen molar-refractivity contribution in [3.05, 3.63) is 48.4 Å². The predicted octanol–water partition coefficient (Wildman–Crippen LogP) is 2.77. The van der Waals surface area contributed by atoms with Crippen molar-refractivity contribution in [1.29, 1.82) is 0 Å². The van der Waals surface area contributed by atoms with Crippen molar-refractivity contribution < 1.29 is 14.1 Å². The van der Waals surface area contributed by atoms with Gasteiger partial charge in [-0.3, -0.25) is 0 Å². The SMILES string of the molecule is CCOc1ccc(NC(=S)NC[C@H](c2ccco2)[NH+]2CCCCC2)cc1. The van der Waals surface area contributed by atoms with E-state index in [0.717, 1.165) is 23.7 Å². The summed E-state index contributed by atoms with van der Waals surface area (Å²) >= 11 is 5.48. The van der Waals surface area contributed by atoms with Gasteiger partial charge in [-0.25, -0.2) is 0 Å². The van der Waals surface area contributed by atoms with Crippen LogP contribution in [-0.4, -0.2) is 31.4 Å². The molecule has 0 saturated carbocycles. The molecule has 2 heterocycles. The van der Waals surface area contributed by atoms with E-state index in [9.17, 15) is 0 Å². The smallest absolute Gasteiger partial charge is 0.171 e. The van der Waals surface area contributed by atoms with Crippen LogP contribution >= 0.6 is 12.2 Å². The molecule has 0 aliphatic carbocycles. The van der Waals surface area contributed by atoms with E-state index >= 15 is 0 Å². The van der Waals surface area contributed by atoms with E-state index in [1.54, 1.807) is 11.2 Å². The van der Waals surface area contributed by atoms with Crippen LogP contribution in [0.1, 0.15) is 38.0 Å². The zero-order valence-electron chi connectivity index (χ0n) is 15.3. The van der Waals surface area contributed by atoms with E-state index in [4.69, 9.17) is 21.4 Å². The number of thiocarbonyl (C=S) groups is 1. The number of benzene rings is 1. The average molecular weight is 375 g/mol. The van der Waals surface area contributed by atoms with Crippen molar-refractivity contribution in [2.75, 3.05) is 31.6 Å². The minimum Gasteiger partial charge on any atom is -0.494 e. The summed E-state index contributed by atoms with van der Waals surface area (Å²) in [6.07, 6.45) is 5.64. The zero-order valence-corrected chi connectivity index (χ0v) is 16.1. The van der Waals surface area contributed by atoms with Crippen LogP contribution in [0.4, 0.5) is 5.69 Å². The summed E-state index contributed by atoms with van der Waals surface area (Å²) in [5, 5.41) is 7.23. The van der Waals surface area contributed by atoms with Crippen molar-refractivity contribution in [1.82, 2.24) is 5.32 Å². The van der Waals surface area contributed by atoms with Gasteiger partial charge in [0.1, 0.15) is 5.75 Å². The second-order valence-electron chi connectivity index (χ2n) is 6.58. The molecule has 2 aromatic rings. The van der Waals surface area contributed by atoms with Crippen LogP contribution in [0, 0.1) is 0 Å². The van der Waals surface area contributed by atoms with Gasteiger partial charge in [-0.1, -0.05) is 0 Å². The molecule has 26 heavy (non-hydrogen) atoms. The Bertz CT molecular complexity index is 667. The first kappa shape index (κ1) is 18.7. The highest BCUT2D eigenvalue weighted by atomic mass is 32.1. The van der Waals surface area contributed by atoms with Crippen LogP contribution in [0.3, 0.4) is 0 Å². The van der Waals surface area contributed by atoms with Crippen LogP contribution in [-0.2, 0) is 0 Å². The summed E-state index contributed by atoms with van der Waals surface area (Å²) in [5.74, 6) is 1.89. The number of nitrogens with one attached hydrogen (secondary N) is 3. The molecule has 1 aromatic carbocycles. The molecule has 0 unspecified atom stereocenters. The van der Waals surface area contributed by atoms with Crippen molar-refractivity contribution >= 4 is 23.0 Å². The number of ether oxygens (including phenoxy) is 1. The summed E-state index contributed by atoms with van der Waals surface area (Å²) in [7, 11) is 0. The maximum Gasteiger partial charge on any atom is 0.171 e. The van der Waals surface area contributed by atoms with Crippen molar-refractivity contribution in [2.45, 2.75) is 32.2 Å². The van der Waals surface area contributed by atoms with Gasteiger partial charge in [0.2, 0.25) is 0 Å². The second kappa shape index (κ2) is 9.59. The second-order valence-corrected chi connectivity index (χ2v) is 6.99. The number of anilines is 1. The lowest BCUT2D eigenvalue weighted by Crippen LogP contribution is -3.13. The number of quaternary nitrogens is 1.